The van der Waals surface area contributed by atoms with Gasteiger partial charge in [0.1, 0.15) is 17.7 Å². The van der Waals surface area contributed by atoms with E-state index in [1.165, 1.54) is 11.1 Å². The second-order valence-electron chi connectivity index (χ2n) is 11.5. The first kappa shape index (κ1) is 25.6. The summed E-state index contributed by atoms with van der Waals surface area (Å²) in [6.45, 7) is 0. The standard InChI is InChI=1S/C41H28N2O2/c1-3-12-27(13-4-1)28-22-24-31(25-23-28)43(30-15-5-2-6-16-30)35-20-11-18-33-38-37(44-40(33)35)26-29-14-7-8-17-32(29)39(38)41-42-34-19-9-10-21-36(34)45-41/h1-26,34,36H. The number of rotatable bonds is 5. The van der Waals surface area contributed by atoms with Crippen LogP contribution in [0.5, 0.6) is 0 Å². The van der Waals surface area contributed by atoms with Gasteiger partial charge in [0.2, 0.25) is 5.90 Å². The van der Waals surface area contributed by atoms with Crippen LogP contribution >= 0.6 is 0 Å². The molecule has 7 aromatic rings. The van der Waals surface area contributed by atoms with Crippen molar-refractivity contribution in [3.05, 3.63) is 163 Å². The summed E-state index contributed by atoms with van der Waals surface area (Å²) in [5.74, 6) is 0.660. The van der Waals surface area contributed by atoms with Gasteiger partial charge in [-0.3, -0.25) is 0 Å². The topological polar surface area (TPSA) is 38.0 Å². The molecule has 0 amide bonds. The monoisotopic (exact) mass is 580 g/mol. The van der Waals surface area contributed by atoms with Gasteiger partial charge < -0.3 is 14.1 Å². The maximum atomic E-state index is 6.85. The van der Waals surface area contributed by atoms with Gasteiger partial charge in [-0.2, -0.15) is 0 Å². The fourth-order valence-electron chi connectivity index (χ4n) is 6.66. The van der Waals surface area contributed by atoms with Crippen LogP contribution in [0.3, 0.4) is 0 Å². The van der Waals surface area contributed by atoms with Gasteiger partial charge in [0.05, 0.1) is 11.3 Å². The van der Waals surface area contributed by atoms with Gasteiger partial charge in [-0.1, -0.05) is 115 Å². The largest absolute Gasteiger partial charge is 0.467 e. The van der Waals surface area contributed by atoms with E-state index in [2.05, 4.69) is 138 Å². The summed E-state index contributed by atoms with van der Waals surface area (Å²) in [7, 11) is 0. The predicted molar refractivity (Wildman–Crippen MR) is 185 cm³/mol. The molecule has 2 unspecified atom stereocenters. The molecule has 2 heterocycles. The van der Waals surface area contributed by atoms with E-state index in [0.29, 0.717) is 5.90 Å². The van der Waals surface area contributed by atoms with Gasteiger partial charge in [-0.25, -0.2) is 4.99 Å². The van der Waals surface area contributed by atoms with E-state index >= 15 is 0 Å². The highest BCUT2D eigenvalue weighted by atomic mass is 16.5. The molecule has 0 spiro atoms. The molecule has 2 atom stereocenters. The lowest BCUT2D eigenvalue weighted by Gasteiger charge is -2.25. The number of anilines is 3. The lowest BCUT2D eigenvalue weighted by Crippen LogP contribution is -2.19. The molecule has 1 aliphatic carbocycles. The van der Waals surface area contributed by atoms with Crippen molar-refractivity contribution in [2.24, 2.45) is 4.99 Å². The normalized spacial score (nSPS) is 17.0. The molecule has 6 aromatic carbocycles. The Morgan fingerprint density at radius 3 is 2.11 bits per heavy atom. The fraction of sp³-hybridized carbons (Fsp3) is 0.0488. The van der Waals surface area contributed by atoms with Crippen LogP contribution in [0.15, 0.2) is 167 Å². The molecule has 9 rings (SSSR count). The Morgan fingerprint density at radius 1 is 0.600 bits per heavy atom. The van der Waals surface area contributed by atoms with Crippen LogP contribution < -0.4 is 4.90 Å². The first-order chi connectivity index (χ1) is 22.3. The van der Waals surface area contributed by atoms with Crippen molar-refractivity contribution in [1.82, 2.24) is 0 Å². The summed E-state index contributed by atoms with van der Waals surface area (Å²) >= 11 is 0. The molecular formula is C41H28N2O2. The highest BCUT2D eigenvalue weighted by Crippen LogP contribution is 2.45. The van der Waals surface area contributed by atoms with Crippen LogP contribution in [0.1, 0.15) is 5.56 Å². The minimum absolute atomic E-state index is 0.0276. The van der Waals surface area contributed by atoms with Crippen LogP contribution in [0.4, 0.5) is 17.1 Å². The SMILES string of the molecule is C1=CC2N=C(c3c4ccccc4cc4oc5c(N(c6ccccc6)c6ccc(-c7ccccc7)cc6)cccc5c34)OC2C=C1. The van der Waals surface area contributed by atoms with Gasteiger partial charge >= 0.3 is 0 Å². The number of furan rings is 1. The van der Waals surface area contributed by atoms with Crippen molar-refractivity contribution in [3.8, 4) is 11.1 Å². The Kier molecular flexibility index (Phi) is 5.91. The summed E-state index contributed by atoms with van der Waals surface area (Å²) in [4.78, 5) is 7.33. The zero-order valence-corrected chi connectivity index (χ0v) is 24.4. The Bertz CT molecular complexity index is 2300. The molecule has 0 saturated carbocycles. The van der Waals surface area contributed by atoms with Crippen LogP contribution in [0.25, 0.3) is 43.8 Å². The highest BCUT2D eigenvalue weighted by Gasteiger charge is 2.32. The molecule has 45 heavy (non-hydrogen) atoms. The van der Waals surface area contributed by atoms with Crippen molar-refractivity contribution in [3.63, 3.8) is 0 Å². The summed E-state index contributed by atoms with van der Waals surface area (Å²) in [6.07, 6.45) is 8.16. The van der Waals surface area contributed by atoms with Gasteiger partial charge in [-0.05, 0) is 64.4 Å². The lowest BCUT2D eigenvalue weighted by molar-refractivity contribution is 0.255. The number of ether oxygens (including phenoxy) is 1. The molecule has 1 aromatic heterocycles. The van der Waals surface area contributed by atoms with Crippen molar-refractivity contribution in [2.75, 3.05) is 4.90 Å². The van der Waals surface area contributed by atoms with Gasteiger partial charge in [0.25, 0.3) is 0 Å². The zero-order chi connectivity index (χ0) is 29.7. The predicted octanol–water partition coefficient (Wildman–Crippen LogP) is 10.5. The van der Waals surface area contributed by atoms with Crippen LogP contribution in [0, 0.1) is 0 Å². The minimum atomic E-state index is -0.0971. The highest BCUT2D eigenvalue weighted by molar-refractivity contribution is 6.25. The zero-order valence-electron chi connectivity index (χ0n) is 24.4. The molecule has 0 fully saturated rings. The van der Waals surface area contributed by atoms with Gasteiger partial charge in [0, 0.05) is 22.1 Å². The first-order valence-electron chi connectivity index (χ1n) is 15.3. The number of benzene rings is 6. The Balaban J connectivity index is 1.27. The molecular weight excluding hydrogens is 552 g/mol. The van der Waals surface area contributed by atoms with Crippen LogP contribution in [-0.2, 0) is 4.74 Å². The summed E-state index contributed by atoms with van der Waals surface area (Å²) in [6, 6.07) is 46.6. The van der Waals surface area contributed by atoms with Gasteiger partial charge in [0.15, 0.2) is 5.58 Å². The van der Waals surface area contributed by atoms with Crippen molar-refractivity contribution >= 4 is 55.7 Å². The van der Waals surface area contributed by atoms with E-state index in [9.17, 15) is 0 Å². The molecule has 0 N–H and O–H groups in total. The van der Waals surface area contributed by atoms with Crippen molar-refractivity contribution in [2.45, 2.75) is 12.1 Å². The average molecular weight is 581 g/mol. The molecule has 4 nitrogen and oxygen atoms in total. The third-order valence-corrected chi connectivity index (χ3v) is 8.76. The van der Waals surface area contributed by atoms with E-state index < -0.39 is 0 Å². The number of fused-ring (bicyclic) bond motifs is 5. The van der Waals surface area contributed by atoms with E-state index in [1.807, 2.05) is 24.3 Å². The smallest absolute Gasteiger partial charge is 0.218 e. The number of aliphatic imine (C=N–C) groups is 1. The molecule has 214 valence electrons. The quantitative estimate of drug-likeness (QED) is 0.203. The Hall–Kier alpha value is -5.87. The number of para-hydroxylation sites is 2. The van der Waals surface area contributed by atoms with Gasteiger partial charge in [-0.15, -0.1) is 0 Å². The minimum Gasteiger partial charge on any atom is -0.467 e. The second kappa shape index (κ2) is 10.4. The maximum Gasteiger partial charge on any atom is 0.218 e. The third kappa shape index (κ3) is 4.26. The molecule has 4 heteroatoms. The van der Waals surface area contributed by atoms with Crippen LogP contribution in [0.2, 0.25) is 0 Å². The summed E-state index contributed by atoms with van der Waals surface area (Å²) in [5.41, 5.74) is 8.03. The lowest BCUT2D eigenvalue weighted by atomic mass is 9.98. The molecule has 0 bridgehead atoms. The molecule has 2 aliphatic rings. The first-order valence-corrected chi connectivity index (χ1v) is 15.3. The summed E-state index contributed by atoms with van der Waals surface area (Å²) < 4.78 is 13.4. The van der Waals surface area contributed by atoms with Crippen LogP contribution in [-0.4, -0.2) is 18.0 Å². The Labute approximate surface area is 260 Å². The third-order valence-electron chi connectivity index (χ3n) is 8.76. The second-order valence-corrected chi connectivity index (χ2v) is 11.5. The average Bonchev–Trinajstić information content (AvgIpc) is 3.70. The molecule has 1 aliphatic heterocycles. The van der Waals surface area contributed by atoms with E-state index in [0.717, 1.165) is 55.3 Å². The van der Waals surface area contributed by atoms with E-state index in [1.54, 1.807) is 0 Å². The number of hydrogen-bond donors (Lipinski definition) is 0. The molecule has 0 radical (unpaired) electrons. The fourth-order valence-corrected chi connectivity index (χ4v) is 6.66. The van der Waals surface area contributed by atoms with Crippen molar-refractivity contribution < 1.29 is 9.15 Å². The molecule has 0 saturated heterocycles. The Morgan fingerprint density at radius 2 is 1.29 bits per heavy atom. The number of hydrogen-bond acceptors (Lipinski definition) is 4. The van der Waals surface area contributed by atoms with Crippen molar-refractivity contribution in [1.29, 1.82) is 0 Å². The van der Waals surface area contributed by atoms with E-state index in [4.69, 9.17) is 14.1 Å². The summed E-state index contributed by atoms with van der Waals surface area (Å²) in [5, 5.41) is 4.23. The number of nitrogens with zero attached hydrogens (tertiary/aromatic N) is 2. The number of allylic oxidation sites excluding steroid dienone is 2. The van der Waals surface area contributed by atoms with E-state index in [-0.39, 0.29) is 12.1 Å². The maximum absolute atomic E-state index is 6.85.